The van der Waals surface area contributed by atoms with Crippen molar-refractivity contribution in [1.82, 2.24) is 4.98 Å². The lowest BCUT2D eigenvalue weighted by Crippen LogP contribution is -1.99. The van der Waals surface area contributed by atoms with Crippen LogP contribution in [0.1, 0.15) is 12.0 Å². The van der Waals surface area contributed by atoms with E-state index in [4.69, 9.17) is 17.3 Å². The second-order valence-electron chi connectivity index (χ2n) is 3.40. The van der Waals surface area contributed by atoms with Gasteiger partial charge in [0.15, 0.2) is 0 Å². The highest BCUT2D eigenvalue weighted by Crippen LogP contribution is 2.23. The van der Waals surface area contributed by atoms with Crippen LogP contribution in [0, 0.1) is 0 Å². The zero-order valence-electron chi connectivity index (χ0n) is 8.29. The third-order valence-corrected chi connectivity index (χ3v) is 2.61. The Bertz CT molecular complexity index is 437. The van der Waals surface area contributed by atoms with E-state index in [1.165, 1.54) is 10.9 Å². The molecule has 82 valence electrons. The highest BCUT2D eigenvalue weighted by atomic mass is 35.5. The van der Waals surface area contributed by atoms with Crippen LogP contribution in [0.3, 0.4) is 0 Å². The van der Waals surface area contributed by atoms with Crippen molar-refractivity contribution >= 4 is 34.9 Å². The van der Waals surface area contributed by atoms with Crippen molar-refractivity contribution in [2.75, 3.05) is 6.54 Å². The summed E-state index contributed by atoms with van der Waals surface area (Å²) < 4.78 is 0. The minimum absolute atomic E-state index is 0. The Labute approximate surface area is 100 Å². The van der Waals surface area contributed by atoms with Crippen molar-refractivity contribution in [1.29, 1.82) is 0 Å². The van der Waals surface area contributed by atoms with Crippen molar-refractivity contribution < 1.29 is 0 Å². The molecule has 0 aliphatic heterocycles. The van der Waals surface area contributed by atoms with Crippen LogP contribution in [0.5, 0.6) is 0 Å². The van der Waals surface area contributed by atoms with Crippen LogP contribution in [-0.4, -0.2) is 11.5 Å². The Balaban J connectivity index is 0.00000112. The number of rotatable bonds is 3. The van der Waals surface area contributed by atoms with Gasteiger partial charge in [0.05, 0.1) is 0 Å². The molecule has 2 aromatic rings. The van der Waals surface area contributed by atoms with Gasteiger partial charge in [-0.2, -0.15) is 0 Å². The molecule has 1 aromatic carbocycles. The van der Waals surface area contributed by atoms with Crippen molar-refractivity contribution in [3.63, 3.8) is 0 Å². The predicted molar refractivity (Wildman–Crippen MR) is 67.9 cm³/mol. The van der Waals surface area contributed by atoms with Crippen molar-refractivity contribution in [3.05, 3.63) is 35.0 Å². The van der Waals surface area contributed by atoms with Crippen LogP contribution in [-0.2, 0) is 6.42 Å². The number of fused-ring (bicyclic) bond motifs is 1. The first-order chi connectivity index (χ1) is 6.81. The Kier molecular flexibility index (Phi) is 4.45. The Morgan fingerprint density at radius 3 is 2.87 bits per heavy atom. The van der Waals surface area contributed by atoms with Gasteiger partial charge in [-0.1, -0.05) is 11.6 Å². The number of aryl methyl sites for hydroxylation is 1. The molecule has 0 atom stereocenters. The van der Waals surface area contributed by atoms with Crippen LogP contribution >= 0.6 is 24.0 Å². The topological polar surface area (TPSA) is 41.8 Å². The molecule has 4 heteroatoms. The summed E-state index contributed by atoms with van der Waals surface area (Å²) in [7, 11) is 0. The molecule has 0 spiro atoms. The molecule has 0 saturated heterocycles. The molecule has 0 fully saturated rings. The molecule has 1 heterocycles. The summed E-state index contributed by atoms with van der Waals surface area (Å²) in [4.78, 5) is 3.22. The highest BCUT2D eigenvalue weighted by Gasteiger charge is 2.03. The van der Waals surface area contributed by atoms with Crippen molar-refractivity contribution in [2.24, 2.45) is 5.73 Å². The van der Waals surface area contributed by atoms with Crippen molar-refractivity contribution in [2.45, 2.75) is 12.8 Å². The fourth-order valence-corrected chi connectivity index (χ4v) is 1.82. The van der Waals surface area contributed by atoms with Gasteiger partial charge in [-0.05, 0) is 43.1 Å². The number of benzene rings is 1. The molecule has 2 nitrogen and oxygen atoms in total. The van der Waals surface area contributed by atoms with E-state index in [0.29, 0.717) is 0 Å². The standard InChI is InChI=1S/C11H13ClN2.ClH/c12-9-3-4-11-10(6-9)8(7-14-11)2-1-5-13;/h3-4,6-7,14H,1-2,5,13H2;1H. The van der Waals surface area contributed by atoms with Gasteiger partial charge in [-0.3, -0.25) is 0 Å². The molecule has 0 radical (unpaired) electrons. The maximum Gasteiger partial charge on any atom is 0.0457 e. The van der Waals surface area contributed by atoms with E-state index in [0.717, 1.165) is 29.9 Å². The molecule has 0 bridgehead atoms. The molecule has 0 aliphatic carbocycles. The van der Waals surface area contributed by atoms with E-state index in [9.17, 15) is 0 Å². The molecule has 3 N–H and O–H groups in total. The van der Waals surface area contributed by atoms with E-state index in [2.05, 4.69) is 4.98 Å². The molecule has 0 aliphatic rings. The monoisotopic (exact) mass is 244 g/mol. The molecule has 0 unspecified atom stereocenters. The van der Waals surface area contributed by atoms with Crippen molar-refractivity contribution in [3.8, 4) is 0 Å². The minimum atomic E-state index is 0. The van der Waals surface area contributed by atoms with Gasteiger partial charge in [0.1, 0.15) is 0 Å². The molecule has 1 aromatic heterocycles. The van der Waals surface area contributed by atoms with Gasteiger partial charge >= 0.3 is 0 Å². The molecule has 2 rings (SSSR count). The Hall–Kier alpha value is -0.700. The summed E-state index contributed by atoms with van der Waals surface area (Å²) in [5.41, 5.74) is 7.92. The first kappa shape index (κ1) is 12.4. The van der Waals surface area contributed by atoms with Crippen LogP contribution in [0.2, 0.25) is 5.02 Å². The molecule has 0 saturated carbocycles. The number of hydrogen-bond donors (Lipinski definition) is 2. The van der Waals surface area contributed by atoms with Crippen LogP contribution in [0.25, 0.3) is 10.9 Å². The number of hydrogen-bond acceptors (Lipinski definition) is 1. The van der Waals surface area contributed by atoms with Crippen LogP contribution < -0.4 is 5.73 Å². The maximum absolute atomic E-state index is 5.94. The summed E-state index contributed by atoms with van der Waals surface area (Å²) in [5.74, 6) is 0. The third kappa shape index (κ3) is 2.65. The van der Waals surface area contributed by atoms with E-state index in [1.807, 2.05) is 24.4 Å². The number of aromatic amines is 1. The Morgan fingerprint density at radius 2 is 2.13 bits per heavy atom. The summed E-state index contributed by atoms with van der Waals surface area (Å²) in [6, 6.07) is 5.90. The van der Waals surface area contributed by atoms with Gasteiger partial charge in [0, 0.05) is 22.1 Å². The quantitative estimate of drug-likeness (QED) is 0.856. The van der Waals surface area contributed by atoms with E-state index in [1.54, 1.807) is 0 Å². The summed E-state index contributed by atoms with van der Waals surface area (Å²) in [5, 5.41) is 2.00. The molecular formula is C11H14Cl2N2. The van der Waals surface area contributed by atoms with Gasteiger partial charge in [-0.25, -0.2) is 0 Å². The van der Waals surface area contributed by atoms with Gasteiger partial charge in [0.25, 0.3) is 0 Å². The predicted octanol–water partition coefficient (Wildman–Crippen LogP) is 3.13. The average Bonchev–Trinajstić information content (AvgIpc) is 2.57. The lowest BCUT2D eigenvalue weighted by Gasteiger charge is -1.97. The number of nitrogens with two attached hydrogens (primary N) is 1. The highest BCUT2D eigenvalue weighted by molar-refractivity contribution is 6.31. The number of H-pyrrole nitrogens is 1. The van der Waals surface area contributed by atoms with Gasteiger partial charge < -0.3 is 10.7 Å². The SMILES string of the molecule is Cl.NCCCc1c[nH]c2ccc(Cl)cc12. The lowest BCUT2D eigenvalue weighted by molar-refractivity contribution is 0.837. The normalized spacial score (nSPS) is 10.3. The largest absolute Gasteiger partial charge is 0.361 e. The van der Waals surface area contributed by atoms with E-state index in [-0.39, 0.29) is 12.4 Å². The van der Waals surface area contributed by atoms with Gasteiger partial charge in [-0.15, -0.1) is 12.4 Å². The first-order valence-electron chi connectivity index (χ1n) is 4.77. The number of halogens is 2. The zero-order chi connectivity index (χ0) is 9.97. The number of aromatic nitrogens is 1. The van der Waals surface area contributed by atoms with Crippen LogP contribution in [0.4, 0.5) is 0 Å². The summed E-state index contributed by atoms with van der Waals surface area (Å²) in [6.45, 7) is 0.729. The molecule has 0 amide bonds. The number of nitrogens with one attached hydrogen (secondary N) is 1. The zero-order valence-corrected chi connectivity index (χ0v) is 9.87. The summed E-state index contributed by atoms with van der Waals surface area (Å²) in [6.07, 6.45) is 4.06. The molecule has 15 heavy (non-hydrogen) atoms. The minimum Gasteiger partial charge on any atom is -0.361 e. The first-order valence-corrected chi connectivity index (χ1v) is 5.14. The maximum atomic E-state index is 5.94. The second kappa shape index (κ2) is 5.40. The van der Waals surface area contributed by atoms with E-state index >= 15 is 0 Å². The average molecular weight is 245 g/mol. The lowest BCUT2D eigenvalue weighted by atomic mass is 10.1. The van der Waals surface area contributed by atoms with Gasteiger partial charge in [0.2, 0.25) is 0 Å². The third-order valence-electron chi connectivity index (χ3n) is 2.38. The second-order valence-corrected chi connectivity index (χ2v) is 3.83. The molecular weight excluding hydrogens is 231 g/mol. The summed E-state index contributed by atoms with van der Waals surface area (Å²) >= 11 is 5.94. The van der Waals surface area contributed by atoms with Crippen LogP contribution in [0.15, 0.2) is 24.4 Å². The van der Waals surface area contributed by atoms with E-state index < -0.39 is 0 Å². The fraction of sp³-hybridized carbons (Fsp3) is 0.273. The Morgan fingerprint density at radius 1 is 1.33 bits per heavy atom. The smallest absolute Gasteiger partial charge is 0.0457 e. The fourth-order valence-electron chi connectivity index (χ4n) is 1.65.